The Kier molecular flexibility index (Phi) is 10.7. The van der Waals surface area contributed by atoms with Crippen molar-refractivity contribution in [2.75, 3.05) is 45.7 Å². The molecule has 2 aliphatic heterocycles. The number of carbonyl (C=O) groups is 4. The van der Waals surface area contributed by atoms with E-state index in [1.54, 1.807) is 24.3 Å². The predicted molar refractivity (Wildman–Crippen MR) is 179 cm³/mol. The highest BCUT2D eigenvalue weighted by Crippen LogP contribution is 2.59. The van der Waals surface area contributed by atoms with Crippen LogP contribution in [0, 0.1) is 0 Å². The molecule has 0 aliphatic carbocycles. The van der Waals surface area contributed by atoms with Gasteiger partial charge in [-0.3, -0.25) is 23.7 Å². The molecule has 0 radical (unpaired) electrons. The summed E-state index contributed by atoms with van der Waals surface area (Å²) in [5.74, 6) is -1.28. The van der Waals surface area contributed by atoms with E-state index >= 15 is 0 Å². The van der Waals surface area contributed by atoms with E-state index in [0.717, 1.165) is 30.0 Å². The minimum atomic E-state index is -5.80. The number of nitrogens with one attached hydrogen (secondary N) is 2. The van der Waals surface area contributed by atoms with Crippen LogP contribution in [0.25, 0.3) is 10.1 Å². The Hall–Kier alpha value is -3.95. The molecular weight excluding hydrogens is 683 g/mol. The molecular formula is C32H38F2N5O8PS. The largest absolute Gasteiger partial charge is 0.492 e. The van der Waals surface area contributed by atoms with E-state index in [2.05, 4.69) is 10.6 Å². The van der Waals surface area contributed by atoms with Gasteiger partial charge in [-0.05, 0) is 81.2 Å². The fourth-order valence-electron chi connectivity index (χ4n) is 5.97. The van der Waals surface area contributed by atoms with Gasteiger partial charge < -0.3 is 39.9 Å². The van der Waals surface area contributed by atoms with E-state index < -0.39 is 48.6 Å². The number of thiophene rings is 1. The molecule has 49 heavy (non-hydrogen) atoms. The Bertz CT molecular complexity index is 1780. The second-order valence-corrected chi connectivity index (χ2v) is 15.1. The number of benzene rings is 2. The summed E-state index contributed by atoms with van der Waals surface area (Å²) >= 11 is 0.939. The van der Waals surface area contributed by atoms with Gasteiger partial charge in [0, 0.05) is 48.6 Å². The molecule has 17 heteroatoms. The molecule has 0 saturated carbocycles. The molecule has 1 aromatic heterocycles. The molecule has 2 aromatic carbocycles. The molecule has 0 unspecified atom stereocenters. The number of alkyl halides is 2. The fraction of sp³-hybridized carbons (Fsp3) is 0.438. The second kappa shape index (κ2) is 14.5. The number of fused-ring (bicyclic) bond motifs is 2. The summed E-state index contributed by atoms with van der Waals surface area (Å²) in [7, 11) is -1.92. The van der Waals surface area contributed by atoms with Gasteiger partial charge in [0.1, 0.15) is 24.4 Å². The van der Waals surface area contributed by atoms with Gasteiger partial charge in [-0.1, -0.05) is 6.07 Å². The van der Waals surface area contributed by atoms with Gasteiger partial charge in [-0.25, -0.2) is 0 Å². The van der Waals surface area contributed by atoms with Crippen molar-refractivity contribution in [3.63, 3.8) is 0 Å². The van der Waals surface area contributed by atoms with Crippen LogP contribution in [0.5, 0.6) is 5.75 Å². The maximum atomic E-state index is 14.3. The average Bonchev–Trinajstić information content (AvgIpc) is 3.65. The van der Waals surface area contributed by atoms with Crippen molar-refractivity contribution in [3.05, 3.63) is 59.0 Å². The molecule has 2 fully saturated rings. The number of hydrogen-bond acceptors (Lipinski definition) is 8. The highest BCUT2D eigenvalue weighted by molar-refractivity contribution is 7.52. The zero-order valence-corrected chi connectivity index (χ0v) is 28.8. The summed E-state index contributed by atoms with van der Waals surface area (Å²) in [6.07, 6.45) is 1.35. The number of carbonyl (C=O) groups excluding carboxylic acids is 4. The highest BCUT2D eigenvalue weighted by Gasteiger charge is 2.50. The Balaban J connectivity index is 1.33. The first-order chi connectivity index (χ1) is 23.0. The van der Waals surface area contributed by atoms with E-state index in [9.17, 15) is 32.5 Å². The van der Waals surface area contributed by atoms with Gasteiger partial charge in [-0.15, -0.1) is 11.3 Å². The maximum Gasteiger partial charge on any atom is 0.399 e. The summed E-state index contributed by atoms with van der Waals surface area (Å²) < 4.78 is 46.1. The lowest BCUT2D eigenvalue weighted by Gasteiger charge is -2.38. The molecule has 4 amide bonds. The lowest BCUT2D eigenvalue weighted by molar-refractivity contribution is -0.143. The molecule has 2 saturated heterocycles. The third-order valence-corrected chi connectivity index (χ3v) is 10.7. The van der Waals surface area contributed by atoms with Crippen molar-refractivity contribution in [2.24, 2.45) is 0 Å². The normalized spacial score (nSPS) is 20.2. The minimum absolute atomic E-state index is 0.0530. The molecule has 2 aliphatic rings. The number of hydrogen-bond donors (Lipinski definition) is 4. The lowest BCUT2D eigenvalue weighted by Crippen LogP contribution is -2.60. The van der Waals surface area contributed by atoms with Gasteiger partial charge >= 0.3 is 13.3 Å². The van der Waals surface area contributed by atoms with Crippen LogP contribution in [-0.4, -0.2) is 107 Å². The average molecular weight is 722 g/mol. The quantitative estimate of drug-likeness (QED) is 0.229. The third kappa shape index (κ3) is 8.10. The van der Waals surface area contributed by atoms with E-state index in [-0.39, 0.29) is 28.8 Å². The first kappa shape index (κ1) is 36.3. The molecule has 0 spiro atoms. The van der Waals surface area contributed by atoms with Crippen molar-refractivity contribution in [3.8, 4) is 5.75 Å². The summed E-state index contributed by atoms with van der Waals surface area (Å²) in [5, 5.41) is 5.71. The Labute approximate surface area is 285 Å². The summed E-state index contributed by atoms with van der Waals surface area (Å²) in [6, 6.07) is 8.82. The van der Waals surface area contributed by atoms with Gasteiger partial charge in [0.05, 0.1) is 4.88 Å². The van der Waals surface area contributed by atoms with Crippen LogP contribution in [0.2, 0.25) is 0 Å². The molecule has 4 N–H and O–H groups in total. The lowest BCUT2D eigenvalue weighted by atomic mass is 10.1. The van der Waals surface area contributed by atoms with Crippen LogP contribution in [0.15, 0.2) is 48.5 Å². The molecule has 3 atom stereocenters. The molecule has 3 aromatic rings. The highest BCUT2D eigenvalue weighted by atomic mass is 32.1. The van der Waals surface area contributed by atoms with E-state index in [4.69, 9.17) is 14.5 Å². The zero-order chi connectivity index (χ0) is 35.7. The van der Waals surface area contributed by atoms with Gasteiger partial charge in [0.25, 0.3) is 5.91 Å². The molecule has 264 valence electrons. The topological polar surface area (TPSA) is 169 Å². The second-order valence-electron chi connectivity index (χ2n) is 12.4. The van der Waals surface area contributed by atoms with Crippen LogP contribution in [-0.2, 0) is 24.6 Å². The SMILES string of the molecule is CC(=O)N1CC[C@H]2CC[C@@H](C(=O)Nc3ccc(OCCN(C)C)cc3)N2C(=O)[C@@H](NC(=O)c2cc3cc(C(F)(F)P(=O)(O)O)ccc3s2)C1. The number of nitrogens with zero attached hydrogens (tertiary/aromatic N) is 3. The number of amides is 4. The van der Waals surface area contributed by atoms with Crippen molar-refractivity contribution in [2.45, 2.75) is 50.0 Å². The fourth-order valence-corrected chi connectivity index (χ4v) is 7.39. The molecule has 0 bridgehead atoms. The van der Waals surface area contributed by atoms with Crippen molar-refractivity contribution in [1.82, 2.24) is 20.0 Å². The van der Waals surface area contributed by atoms with E-state index in [1.165, 1.54) is 28.9 Å². The summed E-state index contributed by atoms with van der Waals surface area (Å²) in [4.78, 5) is 76.8. The smallest absolute Gasteiger partial charge is 0.399 e. The first-order valence-corrected chi connectivity index (χ1v) is 18.0. The van der Waals surface area contributed by atoms with Crippen molar-refractivity contribution in [1.29, 1.82) is 0 Å². The minimum Gasteiger partial charge on any atom is -0.492 e. The zero-order valence-electron chi connectivity index (χ0n) is 27.1. The molecule has 5 rings (SSSR count). The van der Waals surface area contributed by atoms with Crippen LogP contribution in [0.3, 0.4) is 0 Å². The monoisotopic (exact) mass is 721 g/mol. The standard InChI is InChI=1S/C32H38F2N5O8PS/c1-19(40)38-13-12-23-7-10-26(29(41)35-22-5-8-24(9-6-22)47-15-14-37(2)3)39(23)31(43)25(18-38)36-30(42)28-17-20-16-21(4-11-27(20)49-28)32(33,34)48(44,45)46/h4-6,8-9,11,16-17,23,25-26H,7,10,12-15,18H2,1-3H3,(H,35,41)(H,36,42)(H2,44,45,46)/t23-,25+,26+/m1/s1. The third-order valence-electron chi connectivity index (χ3n) is 8.63. The Morgan fingerprint density at radius 2 is 1.80 bits per heavy atom. The molecule has 3 heterocycles. The van der Waals surface area contributed by atoms with Crippen LogP contribution >= 0.6 is 18.9 Å². The van der Waals surface area contributed by atoms with Crippen LogP contribution in [0.1, 0.15) is 41.4 Å². The number of halogens is 2. The van der Waals surface area contributed by atoms with E-state index in [1.807, 2.05) is 19.0 Å². The molecule has 13 nitrogen and oxygen atoms in total. The van der Waals surface area contributed by atoms with Crippen LogP contribution < -0.4 is 15.4 Å². The number of anilines is 1. The number of ether oxygens (including phenoxy) is 1. The van der Waals surface area contributed by atoms with E-state index in [0.29, 0.717) is 48.6 Å². The van der Waals surface area contributed by atoms with Gasteiger partial charge in [-0.2, -0.15) is 8.78 Å². The Morgan fingerprint density at radius 3 is 2.45 bits per heavy atom. The van der Waals surface area contributed by atoms with Gasteiger partial charge in [0.15, 0.2) is 0 Å². The van der Waals surface area contributed by atoms with Crippen molar-refractivity contribution < 1.29 is 47.0 Å². The van der Waals surface area contributed by atoms with Crippen molar-refractivity contribution >= 4 is 58.3 Å². The first-order valence-electron chi connectivity index (χ1n) is 15.6. The van der Waals surface area contributed by atoms with Crippen LogP contribution in [0.4, 0.5) is 14.5 Å². The number of rotatable bonds is 10. The number of likely N-dealkylation sites (N-methyl/N-ethyl adjacent to an activating group) is 1. The van der Waals surface area contributed by atoms with Gasteiger partial charge in [0.2, 0.25) is 17.7 Å². The summed E-state index contributed by atoms with van der Waals surface area (Å²) in [5.41, 5.74) is -4.81. The summed E-state index contributed by atoms with van der Waals surface area (Å²) in [6.45, 7) is 2.77. The maximum absolute atomic E-state index is 14.3. The Morgan fingerprint density at radius 1 is 1.08 bits per heavy atom. The predicted octanol–water partition coefficient (Wildman–Crippen LogP) is 3.42.